The molecule has 19 heavy (non-hydrogen) atoms. The Balaban J connectivity index is 1.92. The van der Waals surface area contributed by atoms with E-state index in [2.05, 4.69) is 40.8 Å². The second-order valence-electron chi connectivity index (χ2n) is 4.86. The number of hydrogen-bond donors (Lipinski definition) is 1. The molecule has 4 nitrogen and oxygen atoms in total. The summed E-state index contributed by atoms with van der Waals surface area (Å²) in [6, 6.07) is 6.62. The smallest absolute Gasteiger partial charge is 0.123 e. The van der Waals surface area contributed by atoms with Gasteiger partial charge in [-0.2, -0.15) is 0 Å². The lowest BCUT2D eigenvalue weighted by atomic mass is 10.1. The Morgan fingerprint density at radius 2 is 2.26 bits per heavy atom. The zero-order valence-electron chi connectivity index (χ0n) is 11.8. The van der Waals surface area contributed by atoms with Crippen LogP contribution in [0, 0.1) is 6.92 Å². The van der Waals surface area contributed by atoms with E-state index in [0.717, 1.165) is 18.8 Å². The molecule has 0 saturated carbocycles. The van der Waals surface area contributed by atoms with Gasteiger partial charge in [0.1, 0.15) is 5.75 Å². The molecule has 0 spiro atoms. The number of nitrogens with zero attached hydrogens (tertiary/aromatic N) is 2. The van der Waals surface area contributed by atoms with Gasteiger partial charge in [0.05, 0.1) is 13.4 Å². The van der Waals surface area contributed by atoms with Crippen molar-refractivity contribution in [2.75, 3.05) is 7.11 Å². The first-order chi connectivity index (χ1) is 9.19. The third kappa shape index (κ3) is 3.83. The number of rotatable bonds is 6. The molecule has 1 heterocycles. The number of nitrogens with one attached hydrogen (secondary N) is 1. The molecule has 0 radical (unpaired) electrons. The third-order valence-electron chi connectivity index (χ3n) is 3.12. The molecule has 0 amide bonds. The molecule has 102 valence electrons. The molecular formula is C15H21N3O. The maximum Gasteiger partial charge on any atom is 0.123 e. The van der Waals surface area contributed by atoms with Crippen LogP contribution in [-0.4, -0.2) is 22.7 Å². The molecule has 1 atom stereocenters. The number of aromatic nitrogens is 2. The summed E-state index contributed by atoms with van der Waals surface area (Å²) in [5.41, 5.74) is 2.44. The van der Waals surface area contributed by atoms with Crippen molar-refractivity contribution >= 4 is 0 Å². The topological polar surface area (TPSA) is 39.1 Å². The summed E-state index contributed by atoms with van der Waals surface area (Å²) in [5.74, 6) is 0.938. The lowest BCUT2D eigenvalue weighted by Crippen LogP contribution is -2.29. The lowest BCUT2D eigenvalue weighted by Gasteiger charge is -2.16. The largest absolute Gasteiger partial charge is 0.496 e. The maximum absolute atomic E-state index is 5.38. The molecule has 0 fully saturated rings. The molecule has 1 aromatic carbocycles. The lowest BCUT2D eigenvalue weighted by molar-refractivity contribution is 0.403. The summed E-state index contributed by atoms with van der Waals surface area (Å²) in [6.07, 6.45) is 5.62. The minimum atomic E-state index is 0.374. The van der Waals surface area contributed by atoms with Gasteiger partial charge in [0, 0.05) is 37.1 Å². The summed E-state index contributed by atoms with van der Waals surface area (Å²) in [4.78, 5) is 4.05. The zero-order chi connectivity index (χ0) is 13.7. The van der Waals surface area contributed by atoms with Crippen LogP contribution < -0.4 is 10.1 Å². The van der Waals surface area contributed by atoms with Gasteiger partial charge in [0.2, 0.25) is 0 Å². The first kappa shape index (κ1) is 13.6. The fourth-order valence-electron chi connectivity index (χ4n) is 2.11. The molecule has 4 heteroatoms. The minimum absolute atomic E-state index is 0.374. The summed E-state index contributed by atoms with van der Waals surface area (Å²) >= 11 is 0. The van der Waals surface area contributed by atoms with Crippen molar-refractivity contribution in [2.24, 2.45) is 0 Å². The number of hydrogen-bond acceptors (Lipinski definition) is 3. The highest BCUT2D eigenvalue weighted by Crippen LogP contribution is 2.19. The van der Waals surface area contributed by atoms with Crippen LogP contribution in [0.15, 0.2) is 36.9 Å². The molecule has 0 aliphatic carbocycles. The van der Waals surface area contributed by atoms with Crippen molar-refractivity contribution in [1.29, 1.82) is 0 Å². The maximum atomic E-state index is 5.38. The van der Waals surface area contributed by atoms with E-state index in [1.807, 2.05) is 18.6 Å². The van der Waals surface area contributed by atoms with Crippen LogP contribution in [0.2, 0.25) is 0 Å². The van der Waals surface area contributed by atoms with E-state index in [4.69, 9.17) is 4.74 Å². The average molecular weight is 259 g/mol. The van der Waals surface area contributed by atoms with Gasteiger partial charge in [-0.3, -0.25) is 0 Å². The molecular weight excluding hydrogens is 238 g/mol. The molecule has 1 aromatic heterocycles. The van der Waals surface area contributed by atoms with Gasteiger partial charge in [-0.25, -0.2) is 4.98 Å². The van der Waals surface area contributed by atoms with Gasteiger partial charge >= 0.3 is 0 Å². The standard InChI is InChI=1S/C15H21N3O/c1-12-4-5-15(19-3)14(8-12)9-17-13(2)10-18-7-6-16-11-18/h4-8,11,13,17H,9-10H2,1-3H3. The summed E-state index contributed by atoms with van der Waals surface area (Å²) < 4.78 is 7.46. The van der Waals surface area contributed by atoms with Crippen molar-refractivity contribution in [2.45, 2.75) is 33.0 Å². The normalized spacial score (nSPS) is 12.4. The van der Waals surface area contributed by atoms with E-state index < -0.39 is 0 Å². The van der Waals surface area contributed by atoms with Gasteiger partial charge in [0.25, 0.3) is 0 Å². The van der Waals surface area contributed by atoms with Gasteiger partial charge in [0.15, 0.2) is 0 Å². The first-order valence-corrected chi connectivity index (χ1v) is 6.51. The second kappa shape index (κ2) is 6.38. The van der Waals surface area contributed by atoms with E-state index in [0.29, 0.717) is 6.04 Å². The molecule has 0 aliphatic rings. The third-order valence-corrected chi connectivity index (χ3v) is 3.12. The highest BCUT2D eigenvalue weighted by Gasteiger charge is 2.06. The SMILES string of the molecule is COc1ccc(C)cc1CNC(C)Cn1ccnc1. The fourth-order valence-corrected chi connectivity index (χ4v) is 2.11. The van der Waals surface area contributed by atoms with Crippen molar-refractivity contribution in [3.05, 3.63) is 48.0 Å². The number of methoxy groups -OCH3 is 1. The predicted octanol–water partition coefficient (Wildman–Crippen LogP) is 2.38. The van der Waals surface area contributed by atoms with Crippen LogP contribution in [0.25, 0.3) is 0 Å². The molecule has 0 saturated heterocycles. The van der Waals surface area contributed by atoms with E-state index in [-0.39, 0.29) is 0 Å². The predicted molar refractivity (Wildman–Crippen MR) is 76.3 cm³/mol. The minimum Gasteiger partial charge on any atom is -0.496 e. The quantitative estimate of drug-likeness (QED) is 0.865. The highest BCUT2D eigenvalue weighted by atomic mass is 16.5. The van der Waals surface area contributed by atoms with Crippen LogP contribution in [0.1, 0.15) is 18.1 Å². The van der Waals surface area contributed by atoms with Crippen LogP contribution >= 0.6 is 0 Å². The number of aryl methyl sites for hydroxylation is 1. The van der Waals surface area contributed by atoms with Crippen LogP contribution in [0.5, 0.6) is 5.75 Å². The number of ether oxygens (including phenoxy) is 1. The molecule has 1 unspecified atom stereocenters. The average Bonchev–Trinajstić information content (AvgIpc) is 2.89. The van der Waals surface area contributed by atoms with Crippen molar-refractivity contribution in [3.63, 3.8) is 0 Å². The Morgan fingerprint density at radius 3 is 2.95 bits per heavy atom. The zero-order valence-corrected chi connectivity index (χ0v) is 11.8. The van der Waals surface area contributed by atoms with Crippen molar-refractivity contribution in [3.8, 4) is 5.75 Å². The van der Waals surface area contributed by atoms with Gasteiger partial charge < -0.3 is 14.6 Å². The van der Waals surface area contributed by atoms with Crippen LogP contribution in [0.3, 0.4) is 0 Å². The van der Waals surface area contributed by atoms with E-state index >= 15 is 0 Å². The summed E-state index contributed by atoms with van der Waals surface area (Å²) in [6.45, 7) is 5.98. The van der Waals surface area contributed by atoms with E-state index in [9.17, 15) is 0 Å². The van der Waals surface area contributed by atoms with Crippen molar-refractivity contribution < 1.29 is 4.74 Å². The summed E-state index contributed by atoms with van der Waals surface area (Å²) in [5, 5.41) is 3.51. The Hall–Kier alpha value is -1.81. The van der Waals surface area contributed by atoms with Crippen molar-refractivity contribution in [1.82, 2.24) is 14.9 Å². The van der Waals surface area contributed by atoms with Crippen LogP contribution in [0.4, 0.5) is 0 Å². The molecule has 0 aliphatic heterocycles. The Morgan fingerprint density at radius 1 is 1.42 bits per heavy atom. The number of benzene rings is 1. The van der Waals surface area contributed by atoms with E-state index in [1.165, 1.54) is 11.1 Å². The van der Waals surface area contributed by atoms with Gasteiger partial charge in [-0.1, -0.05) is 17.7 Å². The number of imidazole rings is 1. The first-order valence-electron chi connectivity index (χ1n) is 6.51. The fraction of sp³-hybridized carbons (Fsp3) is 0.400. The van der Waals surface area contributed by atoms with Gasteiger partial charge in [-0.15, -0.1) is 0 Å². The highest BCUT2D eigenvalue weighted by molar-refractivity contribution is 5.36. The van der Waals surface area contributed by atoms with Gasteiger partial charge in [-0.05, 0) is 19.9 Å². The van der Waals surface area contributed by atoms with Crippen LogP contribution in [-0.2, 0) is 13.1 Å². The Kier molecular flexibility index (Phi) is 4.58. The molecule has 0 bridgehead atoms. The Bertz CT molecular complexity index is 508. The molecule has 2 aromatic rings. The second-order valence-corrected chi connectivity index (χ2v) is 4.86. The Labute approximate surface area is 114 Å². The monoisotopic (exact) mass is 259 g/mol. The van der Waals surface area contributed by atoms with E-state index in [1.54, 1.807) is 13.3 Å². The molecule has 2 rings (SSSR count). The summed E-state index contributed by atoms with van der Waals surface area (Å²) in [7, 11) is 1.71. The molecule has 1 N–H and O–H groups in total.